The number of methoxy groups -OCH3 is 1. The fourth-order valence-corrected chi connectivity index (χ4v) is 2.33. The van der Waals surface area contributed by atoms with Gasteiger partial charge >= 0.3 is 5.97 Å². The summed E-state index contributed by atoms with van der Waals surface area (Å²) < 4.78 is 5.14. The van der Waals surface area contributed by atoms with Crippen LogP contribution in [0.2, 0.25) is 0 Å². The SMILES string of the molecule is CCC(COC)NC1CCC(C(=O)O)CC1. The molecule has 4 nitrogen and oxygen atoms in total. The van der Waals surface area contributed by atoms with Crippen LogP contribution in [0, 0.1) is 5.92 Å². The monoisotopic (exact) mass is 229 g/mol. The van der Waals surface area contributed by atoms with Gasteiger partial charge in [0, 0.05) is 19.2 Å². The van der Waals surface area contributed by atoms with Crippen molar-refractivity contribution in [1.29, 1.82) is 0 Å². The molecule has 0 bridgehead atoms. The molecule has 16 heavy (non-hydrogen) atoms. The van der Waals surface area contributed by atoms with Crippen LogP contribution in [-0.2, 0) is 9.53 Å². The number of hydrogen-bond acceptors (Lipinski definition) is 3. The summed E-state index contributed by atoms with van der Waals surface area (Å²) in [5.74, 6) is -0.761. The highest BCUT2D eigenvalue weighted by molar-refractivity contribution is 5.70. The van der Waals surface area contributed by atoms with Crippen LogP contribution in [-0.4, -0.2) is 36.9 Å². The number of carboxylic acid groups (broad SMARTS) is 1. The summed E-state index contributed by atoms with van der Waals surface area (Å²) in [6.07, 6.45) is 4.59. The molecule has 2 N–H and O–H groups in total. The van der Waals surface area contributed by atoms with Crippen LogP contribution in [0.15, 0.2) is 0 Å². The van der Waals surface area contributed by atoms with E-state index in [9.17, 15) is 4.79 Å². The van der Waals surface area contributed by atoms with Gasteiger partial charge in [-0.1, -0.05) is 6.92 Å². The van der Waals surface area contributed by atoms with Gasteiger partial charge in [0.15, 0.2) is 0 Å². The van der Waals surface area contributed by atoms with Gasteiger partial charge in [0.05, 0.1) is 12.5 Å². The predicted octanol–water partition coefficient (Wildman–Crippen LogP) is 1.64. The molecule has 0 heterocycles. The van der Waals surface area contributed by atoms with Gasteiger partial charge in [-0.15, -0.1) is 0 Å². The van der Waals surface area contributed by atoms with Gasteiger partial charge in [-0.05, 0) is 32.1 Å². The summed E-state index contributed by atoms with van der Waals surface area (Å²) in [5.41, 5.74) is 0. The number of hydrogen-bond donors (Lipinski definition) is 2. The topological polar surface area (TPSA) is 58.6 Å². The van der Waals surface area contributed by atoms with Crippen LogP contribution in [0.3, 0.4) is 0 Å². The van der Waals surface area contributed by atoms with E-state index in [2.05, 4.69) is 12.2 Å². The van der Waals surface area contributed by atoms with Gasteiger partial charge in [0.25, 0.3) is 0 Å². The van der Waals surface area contributed by atoms with Gasteiger partial charge in [-0.3, -0.25) is 4.79 Å². The molecular formula is C12H23NO3. The van der Waals surface area contributed by atoms with Crippen molar-refractivity contribution in [1.82, 2.24) is 5.32 Å². The Morgan fingerprint density at radius 2 is 2.06 bits per heavy atom. The van der Waals surface area contributed by atoms with Crippen LogP contribution < -0.4 is 5.32 Å². The first-order valence-electron chi connectivity index (χ1n) is 6.15. The second kappa shape index (κ2) is 6.86. The first-order chi connectivity index (χ1) is 7.67. The predicted molar refractivity (Wildman–Crippen MR) is 62.5 cm³/mol. The van der Waals surface area contributed by atoms with Crippen LogP contribution in [0.1, 0.15) is 39.0 Å². The van der Waals surface area contributed by atoms with Crippen molar-refractivity contribution in [2.45, 2.75) is 51.1 Å². The lowest BCUT2D eigenvalue weighted by Gasteiger charge is -2.30. The first-order valence-corrected chi connectivity index (χ1v) is 6.15. The summed E-state index contributed by atoms with van der Waals surface area (Å²) >= 11 is 0. The maximum atomic E-state index is 10.8. The van der Waals surface area contributed by atoms with Gasteiger partial charge in [0.1, 0.15) is 0 Å². The second-order valence-electron chi connectivity index (χ2n) is 4.61. The molecule has 0 spiro atoms. The Morgan fingerprint density at radius 3 is 2.50 bits per heavy atom. The average Bonchev–Trinajstić information content (AvgIpc) is 2.29. The summed E-state index contributed by atoms with van der Waals surface area (Å²) in [6.45, 7) is 2.87. The molecule has 1 saturated carbocycles. The second-order valence-corrected chi connectivity index (χ2v) is 4.61. The van der Waals surface area contributed by atoms with Gasteiger partial charge in [-0.2, -0.15) is 0 Å². The zero-order valence-corrected chi connectivity index (χ0v) is 10.2. The summed E-state index contributed by atoms with van der Waals surface area (Å²) in [4.78, 5) is 10.8. The Morgan fingerprint density at radius 1 is 1.44 bits per heavy atom. The quantitative estimate of drug-likeness (QED) is 0.727. The molecule has 0 radical (unpaired) electrons. The lowest BCUT2D eigenvalue weighted by molar-refractivity contribution is -0.142. The zero-order chi connectivity index (χ0) is 12.0. The van der Waals surface area contributed by atoms with E-state index in [1.165, 1.54) is 0 Å². The number of rotatable bonds is 6. The van der Waals surface area contributed by atoms with Crippen LogP contribution in [0.25, 0.3) is 0 Å². The maximum absolute atomic E-state index is 10.8. The highest BCUT2D eigenvalue weighted by Crippen LogP contribution is 2.24. The molecule has 1 aliphatic carbocycles. The minimum Gasteiger partial charge on any atom is -0.481 e. The van der Waals surface area contributed by atoms with E-state index in [-0.39, 0.29) is 5.92 Å². The third-order valence-electron chi connectivity index (χ3n) is 3.41. The zero-order valence-electron chi connectivity index (χ0n) is 10.2. The van der Waals surface area contributed by atoms with E-state index in [4.69, 9.17) is 9.84 Å². The molecule has 0 aromatic carbocycles. The van der Waals surface area contributed by atoms with Crippen molar-refractivity contribution in [2.24, 2.45) is 5.92 Å². The van der Waals surface area contributed by atoms with Crippen molar-refractivity contribution in [3.8, 4) is 0 Å². The van der Waals surface area contributed by atoms with E-state index < -0.39 is 5.97 Å². The first kappa shape index (κ1) is 13.5. The molecule has 0 aromatic rings. The fraction of sp³-hybridized carbons (Fsp3) is 0.917. The number of nitrogens with one attached hydrogen (secondary N) is 1. The molecule has 1 fully saturated rings. The van der Waals surface area contributed by atoms with Gasteiger partial charge in [0.2, 0.25) is 0 Å². The number of ether oxygens (including phenoxy) is 1. The van der Waals surface area contributed by atoms with E-state index in [1.54, 1.807) is 7.11 Å². The number of carboxylic acids is 1. The minimum atomic E-state index is -0.637. The van der Waals surface area contributed by atoms with Crippen molar-refractivity contribution in [2.75, 3.05) is 13.7 Å². The fourth-order valence-electron chi connectivity index (χ4n) is 2.33. The smallest absolute Gasteiger partial charge is 0.306 e. The maximum Gasteiger partial charge on any atom is 0.306 e. The van der Waals surface area contributed by atoms with Gasteiger partial charge < -0.3 is 15.2 Å². The molecule has 1 rings (SSSR count). The van der Waals surface area contributed by atoms with E-state index in [0.717, 1.165) is 38.7 Å². The molecule has 94 valence electrons. The van der Waals surface area contributed by atoms with Crippen LogP contribution in [0.5, 0.6) is 0 Å². The molecule has 0 amide bonds. The summed E-state index contributed by atoms with van der Waals surface area (Å²) in [6, 6.07) is 0.868. The number of carbonyl (C=O) groups is 1. The van der Waals surface area contributed by atoms with Crippen LogP contribution in [0.4, 0.5) is 0 Å². The molecule has 0 aliphatic heterocycles. The molecule has 4 heteroatoms. The van der Waals surface area contributed by atoms with Crippen molar-refractivity contribution < 1.29 is 14.6 Å². The highest BCUT2D eigenvalue weighted by atomic mass is 16.5. The van der Waals surface area contributed by atoms with E-state index in [0.29, 0.717) is 12.1 Å². The lowest BCUT2D eigenvalue weighted by atomic mass is 9.86. The van der Waals surface area contributed by atoms with Gasteiger partial charge in [-0.25, -0.2) is 0 Å². The normalized spacial score (nSPS) is 27.6. The summed E-state index contributed by atoms with van der Waals surface area (Å²) in [7, 11) is 1.71. The van der Waals surface area contributed by atoms with Crippen molar-refractivity contribution in [3.63, 3.8) is 0 Å². The third-order valence-corrected chi connectivity index (χ3v) is 3.41. The lowest BCUT2D eigenvalue weighted by Crippen LogP contribution is -2.43. The van der Waals surface area contributed by atoms with Crippen molar-refractivity contribution in [3.05, 3.63) is 0 Å². The molecule has 1 atom stereocenters. The Hall–Kier alpha value is -0.610. The third kappa shape index (κ3) is 4.10. The van der Waals surface area contributed by atoms with E-state index in [1.807, 2.05) is 0 Å². The summed E-state index contributed by atoms with van der Waals surface area (Å²) in [5, 5.41) is 12.4. The molecular weight excluding hydrogens is 206 g/mol. The molecule has 1 unspecified atom stereocenters. The van der Waals surface area contributed by atoms with Crippen LogP contribution >= 0.6 is 0 Å². The Kier molecular flexibility index (Phi) is 5.77. The number of aliphatic carboxylic acids is 1. The van der Waals surface area contributed by atoms with E-state index >= 15 is 0 Å². The standard InChI is InChI=1S/C12H23NO3/c1-3-10(8-16-2)13-11-6-4-9(5-7-11)12(14)15/h9-11,13H,3-8H2,1-2H3,(H,14,15). The van der Waals surface area contributed by atoms with Crippen molar-refractivity contribution >= 4 is 5.97 Å². The minimum absolute atomic E-state index is 0.124. The molecule has 0 aromatic heterocycles. The largest absolute Gasteiger partial charge is 0.481 e. The Labute approximate surface area is 97.4 Å². The Balaban J connectivity index is 2.28. The Bertz CT molecular complexity index is 212. The average molecular weight is 229 g/mol. The molecule has 1 aliphatic rings. The molecule has 0 saturated heterocycles. The highest BCUT2D eigenvalue weighted by Gasteiger charge is 2.26.